The van der Waals surface area contributed by atoms with Crippen LogP contribution in [0.1, 0.15) is 16.8 Å². The molecule has 2 heterocycles. The second-order valence-corrected chi connectivity index (χ2v) is 6.46. The smallest absolute Gasteiger partial charge is 0.266 e. The maximum atomic E-state index is 13.1. The van der Waals surface area contributed by atoms with Crippen molar-refractivity contribution >= 4 is 5.91 Å². The van der Waals surface area contributed by atoms with Gasteiger partial charge in [0.1, 0.15) is 5.82 Å². The van der Waals surface area contributed by atoms with E-state index >= 15 is 0 Å². The second-order valence-electron chi connectivity index (χ2n) is 6.46. The molecule has 1 N–H and O–H groups in total. The first-order chi connectivity index (χ1) is 14.1. The van der Waals surface area contributed by atoms with Gasteiger partial charge in [-0.15, -0.1) is 0 Å². The number of amides is 1. The Morgan fingerprint density at radius 1 is 1.07 bits per heavy atom. The molecule has 1 aromatic heterocycles. The van der Waals surface area contributed by atoms with Crippen LogP contribution in [0.15, 0.2) is 59.4 Å². The first-order valence-corrected chi connectivity index (χ1v) is 9.12. The number of nitrogens with one attached hydrogen (secondary N) is 1. The van der Waals surface area contributed by atoms with E-state index in [9.17, 15) is 14.0 Å². The van der Waals surface area contributed by atoms with Crippen LogP contribution in [0.25, 0.3) is 11.3 Å². The normalized spacial score (nSPS) is 12.0. The van der Waals surface area contributed by atoms with Crippen molar-refractivity contribution in [3.8, 4) is 22.8 Å². The van der Waals surface area contributed by atoms with Gasteiger partial charge in [0.2, 0.25) is 6.79 Å². The van der Waals surface area contributed by atoms with Crippen LogP contribution < -0.4 is 20.3 Å². The van der Waals surface area contributed by atoms with Gasteiger partial charge in [0.05, 0.1) is 5.69 Å². The molecule has 0 atom stereocenters. The molecule has 4 rings (SSSR count). The Labute approximate surface area is 165 Å². The SMILES string of the molecule is O=C(NCCCn1nc(-c2ccc(F)cc2)ccc1=O)c1ccc2c(c1)OCO2. The molecule has 0 unspecified atom stereocenters. The number of aryl methyl sites for hydroxylation is 1. The van der Waals surface area contributed by atoms with E-state index in [1.54, 1.807) is 36.4 Å². The molecule has 2 aromatic carbocycles. The Morgan fingerprint density at radius 2 is 1.86 bits per heavy atom. The van der Waals surface area contributed by atoms with Gasteiger partial charge in [-0.2, -0.15) is 5.10 Å². The average molecular weight is 395 g/mol. The zero-order valence-electron chi connectivity index (χ0n) is 15.4. The summed E-state index contributed by atoms with van der Waals surface area (Å²) in [4.78, 5) is 24.3. The summed E-state index contributed by atoms with van der Waals surface area (Å²) in [6.07, 6.45) is 0.524. The summed E-state index contributed by atoms with van der Waals surface area (Å²) >= 11 is 0. The van der Waals surface area contributed by atoms with Gasteiger partial charge >= 0.3 is 0 Å². The summed E-state index contributed by atoms with van der Waals surface area (Å²) in [6.45, 7) is 0.872. The molecule has 29 heavy (non-hydrogen) atoms. The van der Waals surface area contributed by atoms with E-state index in [4.69, 9.17) is 9.47 Å². The Kier molecular flexibility index (Phi) is 5.24. The van der Waals surface area contributed by atoms with Crippen molar-refractivity contribution in [1.82, 2.24) is 15.1 Å². The molecule has 1 aliphatic heterocycles. The molecule has 7 nitrogen and oxygen atoms in total. The average Bonchev–Trinajstić information content (AvgIpc) is 3.21. The predicted octanol–water partition coefficient (Wildman–Crippen LogP) is 2.60. The maximum absolute atomic E-state index is 13.1. The molecule has 8 heteroatoms. The van der Waals surface area contributed by atoms with Crippen LogP contribution in [0.3, 0.4) is 0 Å². The molecular weight excluding hydrogens is 377 g/mol. The van der Waals surface area contributed by atoms with Gasteiger partial charge in [-0.25, -0.2) is 9.07 Å². The molecule has 0 bridgehead atoms. The number of rotatable bonds is 6. The van der Waals surface area contributed by atoms with Crippen molar-refractivity contribution in [1.29, 1.82) is 0 Å². The molecule has 148 valence electrons. The minimum Gasteiger partial charge on any atom is -0.454 e. The van der Waals surface area contributed by atoms with Gasteiger partial charge < -0.3 is 14.8 Å². The van der Waals surface area contributed by atoms with Gasteiger partial charge in [0, 0.05) is 30.3 Å². The fraction of sp³-hybridized carbons (Fsp3) is 0.190. The Morgan fingerprint density at radius 3 is 2.69 bits per heavy atom. The van der Waals surface area contributed by atoms with E-state index < -0.39 is 0 Å². The number of carbonyl (C=O) groups is 1. The third kappa shape index (κ3) is 4.26. The van der Waals surface area contributed by atoms with Crippen LogP contribution in [-0.2, 0) is 6.54 Å². The summed E-state index contributed by atoms with van der Waals surface area (Å²) in [5, 5.41) is 7.14. The van der Waals surface area contributed by atoms with E-state index in [1.165, 1.54) is 22.9 Å². The predicted molar refractivity (Wildman–Crippen MR) is 103 cm³/mol. The number of aromatic nitrogens is 2. The summed E-state index contributed by atoms with van der Waals surface area (Å²) in [5.41, 5.74) is 1.53. The number of halogens is 1. The van der Waals surface area contributed by atoms with Crippen LogP contribution in [0.5, 0.6) is 11.5 Å². The molecule has 0 fully saturated rings. The van der Waals surface area contributed by atoms with Gasteiger partial charge in [-0.1, -0.05) is 0 Å². The number of hydrogen-bond acceptors (Lipinski definition) is 5. The third-order valence-corrected chi connectivity index (χ3v) is 4.47. The van der Waals surface area contributed by atoms with E-state index in [0.29, 0.717) is 42.3 Å². The highest BCUT2D eigenvalue weighted by Gasteiger charge is 2.16. The van der Waals surface area contributed by atoms with E-state index in [-0.39, 0.29) is 24.1 Å². The molecule has 0 radical (unpaired) electrons. The van der Waals surface area contributed by atoms with Crippen molar-refractivity contribution in [2.24, 2.45) is 0 Å². The van der Waals surface area contributed by atoms with Crippen LogP contribution in [0.4, 0.5) is 4.39 Å². The minimum atomic E-state index is -0.333. The molecule has 0 aliphatic carbocycles. The lowest BCUT2D eigenvalue weighted by Gasteiger charge is -2.09. The van der Waals surface area contributed by atoms with Crippen molar-refractivity contribution in [3.05, 3.63) is 76.3 Å². The molecule has 0 saturated heterocycles. The van der Waals surface area contributed by atoms with E-state index in [0.717, 1.165) is 5.56 Å². The van der Waals surface area contributed by atoms with E-state index in [2.05, 4.69) is 10.4 Å². The lowest BCUT2D eigenvalue weighted by Crippen LogP contribution is -2.28. The lowest BCUT2D eigenvalue weighted by molar-refractivity contribution is 0.0952. The molecule has 0 spiro atoms. The van der Waals surface area contributed by atoms with Crippen molar-refractivity contribution < 1.29 is 18.7 Å². The number of hydrogen-bond donors (Lipinski definition) is 1. The monoisotopic (exact) mass is 395 g/mol. The largest absolute Gasteiger partial charge is 0.454 e. The number of benzene rings is 2. The maximum Gasteiger partial charge on any atom is 0.266 e. The molecule has 0 saturated carbocycles. The zero-order chi connectivity index (χ0) is 20.2. The van der Waals surface area contributed by atoms with Crippen molar-refractivity contribution in [3.63, 3.8) is 0 Å². The highest BCUT2D eigenvalue weighted by molar-refractivity contribution is 5.94. The zero-order valence-corrected chi connectivity index (χ0v) is 15.4. The number of carbonyl (C=O) groups excluding carboxylic acids is 1. The van der Waals surface area contributed by atoms with Gasteiger partial charge in [0.15, 0.2) is 11.5 Å². The molecule has 1 aliphatic rings. The van der Waals surface area contributed by atoms with Gasteiger partial charge in [-0.05, 0) is 55.0 Å². The standard InChI is InChI=1S/C21H18FN3O4/c22-16-5-2-14(3-6-16)17-7-9-20(26)25(24-17)11-1-10-23-21(27)15-4-8-18-19(12-15)29-13-28-18/h2-9,12H,1,10-11,13H2,(H,23,27). The topological polar surface area (TPSA) is 82.5 Å². The van der Waals surface area contributed by atoms with E-state index in [1.807, 2.05) is 0 Å². The number of nitrogens with zero attached hydrogens (tertiary/aromatic N) is 2. The minimum absolute atomic E-state index is 0.152. The second kappa shape index (κ2) is 8.14. The first-order valence-electron chi connectivity index (χ1n) is 9.12. The van der Waals surface area contributed by atoms with Gasteiger partial charge in [0.25, 0.3) is 11.5 Å². The first kappa shape index (κ1) is 18.7. The van der Waals surface area contributed by atoms with Crippen molar-refractivity contribution in [2.75, 3.05) is 13.3 Å². The van der Waals surface area contributed by atoms with Gasteiger partial charge in [-0.3, -0.25) is 9.59 Å². The highest BCUT2D eigenvalue weighted by atomic mass is 19.1. The van der Waals surface area contributed by atoms with Crippen LogP contribution >= 0.6 is 0 Å². The van der Waals surface area contributed by atoms with Crippen LogP contribution in [0.2, 0.25) is 0 Å². The lowest BCUT2D eigenvalue weighted by atomic mass is 10.1. The van der Waals surface area contributed by atoms with Crippen molar-refractivity contribution in [2.45, 2.75) is 13.0 Å². The van der Waals surface area contributed by atoms with Crippen LogP contribution in [-0.4, -0.2) is 29.0 Å². The fourth-order valence-corrected chi connectivity index (χ4v) is 2.95. The Hall–Kier alpha value is -3.68. The summed E-state index contributed by atoms with van der Waals surface area (Å²) < 4.78 is 24.9. The Bertz CT molecular complexity index is 1100. The molecule has 3 aromatic rings. The summed E-state index contributed by atoms with van der Waals surface area (Å²) in [6, 6.07) is 13.9. The number of fused-ring (bicyclic) bond motifs is 1. The Balaban J connectivity index is 1.34. The fourth-order valence-electron chi connectivity index (χ4n) is 2.95. The highest BCUT2D eigenvalue weighted by Crippen LogP contribution is 2.32. The number of ether oxygens (including phenoxy) is 2. The summed E-state index contributed by atoms with van der Waals surface area (Å²) in [7, 11) is 0. The van der Waals surface area contributed by atoms with Crippen LogP contribution in [0, 0.1) is 5.82 Å². The quantitative estimate of drug-likeness (QED) is 0.649. The molecule has 1 amide bonds. The third-order valence-electron chi connectivity index (χ3n) is 4.47. The molecular formula is C21H18FN3O4. The summed E-state index contributed by atoms with van der Waals surface area (Å²) in [5.74, 6) is 0.600.